The standard InChI is InChI=1S/C23H30FNO3.H2/c1-16(2)18(4)22(15-17(3)24)28-14-13-27-12-11-25-23(26)21-10-9-19-7-5-6-8-20(19)21;/h5-8,15-16,21H,3-4,9-14H2,1-2H3,(H,25,26);1H/b22-15+;. The van der Waals surface area contributed by atoms with Gasteiger partial charge < -0.3 is 14.8 Å². The predicted octanol–water partition coefficient (Wildman–Crippen LogP) is 4.69. The van der Waals surface area contributed by atoms with Gasteiger partial charge in [-0.15, -0.1) is 0 Å². The molecule has 1 atom stereocenters. The zero-order valence-corrected chi connectivity index (χ0v) is 16.8. The van der Waals surface area contributed by atoms with Gasteiger partial charge in [0, 0.05) is 14.0 Å². The molecule has 1 N–H and O–H groups in total. The van der Waals surface area contributed by atoms with Gasteiger partial charge in [-0.2, -0.15) is 0 Å². The second-order valence-corrected chi connectivity index (χ2v) is 7.18. The van der Waals surface area contributed by atoms with E-state index >= 15 is 0 Å². The molecule has 154 valence electrons. The molecule has 0 bridgehead atoms. The highest BCUT2D eigenvalue weighted by Gasteiger charge is 2.27. The van der Waals surface area contributed by atoms with Gasteiger partial charge in [0.2, 0.25) is 5.91 Å². The molecule has 0 saturated heterocycles. The third-order valence-corrected chi connectivity index (χ3v) is 4.78. The summed E-state index contributed by atoms with van der Waals surface area (Å²) in [5.41, 5.74) is 3.11. The topological polar surface area (TPSA) is 47.6 Å². The van der Waals surface area contributed by atoms with E-state index in [-0.39, 0.29) is 25.8 Å². The van der Waals surface area contributed by atoms with Crippen LogP contribution in [0.25, 0.3) is 0 Å². The van der Waals surface area contributed by atoms with Gasteiger partial charge in [-0.05, 0) is 35.5 Å². The zero-order valence-electron chi connectivity index (χ0n) is 16.8. The normalized spacial score (nSPS) is 16.0. The van der Waals surface area contributed by atoms with Crippen LogP contribution in [0.5, 0.6) is 0 Å². The molecular formula is C23H32FNO3. The molecule has 0 radical (unpaired) electrons. The molecule has 1 aromatic rings. The van der Waals surface area contributed by atoms with E-state index < -0.39 is 5.83 Å². The summed E-state index contributed by atoms with van der Waals surface area (Å²) in [6.07, 6.45) is 3.04. The van der Waals surface area contributed by atoms with Crippen LogP contribution in [0.1, 0.15) is 38.7 Å². The fraction of sp³-hybridized carbons (Fsp3) is 0.435. The average molecular weight is 390 g/mol. The molecule has 1 amide bonds. The molecule has 28 heavy (non-hydrogen) atoms. The third-order valence-electron chi connectivity index (χ3n) is 4.78. The Labute approximate surface area is 168 Å². The van der Waals surface area contributed by atoms with Gasteiger partial charge in [0.15, 0.2) is 0 Å². The molecule has 1 unspecified atom stereocenters. The lowest BCUT2D eigenvalue weighted by atomic mass is 10.0. The Bertz CT molecular complexity index is 745. The molecule has 4 nitrogen and oxygen atoms in total. The molecule has 0 fully saturated rings. The Morgan fingerprint density at radius 1 is 1.32 bits per heavy atom. The van der Waals surface area contributed by atoms with E-state index in [2.05, 4.69) is 24.5 Å². The summed E-state index contributed by atoms with van der Waals surface area (Å²) in [7, 11) is 0. The largest absolute Gasteiger partial charge is 0.491 e. The summed E-state index contributed by atoms with van der Waals surface area (Å²) in [5, 5.41) is 2.93. The van der Waals surface area contributed by atoms with Crippen LogP contribution in [0.3, 0.4) is 0 Å². The number of benzene rings is 1. The quantitative estimate of drug-likeness (QED) is 0.339. The first-order chi connectivity index (χ1) is 13.4. The second kappa shape index (κ2) is 10.8. The fourth-order valence-corrected chi connectivity index (χ4v) is 3.17. The first-order valence-corrected chi connectivity index (χ1v) is 9.71. The van der Waals surface area contributed by atoms with Crippen LogP contribution in [-0.4, -0.2) is 32.3 Å². The van der Waals surface area contributed by atoms with E-state index in [9.17, 15) is 9.18 Å². The SMILES string of the molecule is C=C(F)/C=C(/OCCOCCNC(=O)C1CCc2ccccc21)C(=C)C(C)C.[HH]. The van der Waals surface area contributed by atoms with E-state index in [0.717, 1.165) is 18.4 Å². The van der Waals surface area contributed by atoms with E-state index in [1.165, 1.54) is 11.6 Å². The first kappa shape index (κ1) is 21.9. The molecule has 1 aliphatic carbocycles. The van der Waals surface area contributed by atoms with Crippen LogP contribution >= 0.6 is 0 Å². The number of rotatable bonds is 11. The van der Waals surface area contributed by atoms with Crippen molar-refractivity contribution in [1.82, 2.24) is 5.32 Å². The van der Waals surface area contributed by atoms with Crippen LogP contribution in [0, 0.1) is 5.92 Å². The van der Waals surface area contributed by atoms with Crippen LogP contribution in [0.15, 0.2) is 60.7 Å². The van der Waals surface area contributed by atoms with E-state index in [1.54, 1.807) is 0 Å². The first-order valence-electron chi connectivity index (χ1n) is 9.71. The number of halogens is 1. The van der Waals surface area contributed by atoms with Crippen molar-refractivity contribution in [2.75, 3.05) is 26.4 Å². The number of carbonyl (C=O) groups is 1. The van der Waals surface area contributed by atoms with Gasteiger partial charge in [-0.25, -0.2) is 4.39 Å². The minimum Gasteiger partial charge on any atom is -0.491 e. The molecule has 1 aliphatic rings. The second-order valence-electron chi connectivity index (χ2n) is 7.18. The summed E-state index contributed by atoms with van der Waals surface area (Å²) < 4.78 is 24.2. The Balaban J connectivity index is 0.00000420. The number of hydrogen-bond acceptors (Lipinski definition) is 3. The van der Waals surface area contributed by atoms with Gasteiger partial charge in [-0.3, -0.25) is 4.79 Å². The molecule has 5 heteroatoms. The fourth-order valence-electron chi connectivity index (χ4n) is 3.17. The maximum atomic E-state index is 13.1. The summed E-state index contributed by atoms with van der Waals surface area (Å²) >= 11 is 0. The lowest BCUT2D eigenvalue weighted by Crippen LogP contribution is -2.31. The van der Waals surface area contributed by atoms with Gasteiger partial charge in [0.1, 0.15) is 18.2 Å². The number of hydrogen-bond donors (Lipinski definition) is 1. The smallest absolute Gasteiger partial charge is 0.227 e. The van der Waals surface area contributed by atoms with Crippen molar-refractivity contribution in [3.63, 3.8) is 0 Å². The number of allylic oxidation sites excluding steroid dienone is 3. The van der Waals surface area contributed by atoms with Gasteiger partial charge in [-0.1, -0.05) is 51.3 Å². The van der Waals surface area contributed by atoms with Crippen molar-refractivity contribution in [3.05, 3.63) is 71.8 Å². The molecule has 0 saturated carbocycles. The minimum atomic E-state index is -0.575. The number of amides is 1. The van der Waals surface area contributed by atoms with Crippen molar-refractivity contribution >= 4 is 5.91 Å². The number of ether oxygens (including phenoxy) is 2. The molecule has 2 rings (SSSR count). The van der Waals surface area contributed by atoms with Gasteiger partial charge in [0.05, 0.1) is 19.1 Å². The Hall–Kier alpha value is -2.40. The molecule has 0 aliphatic heterocycles. The van der Waals surface area contributed by atoms with Crippen LogP contribution in [-0.2, 0) is 20.7 Å². The molecular weight excluding hydrogens is 357 g/mol. The van der Waals surface area contributed by atoms with Crippen LogP contribution in [0.2, 0.25) is 0 Å². The summed E-state index contributed by atoms with van der Waals surface area (Å²) in [5.74, 6) is -0.0662. The summed E-state index contributed by atoms with van der Waals surface area (Å²) in [6, 6.07) is 8.10. The number of fused-ring (bicyclic) bond motifs is 1. The van der Waals surface area contributed by atoms with E-state index in [0.29, 0.717) is 31.1 Å². The average Bonchev–Trinajstić information content (AvgIpc) is 3.09. The Kier molecular flexibility index (Phi) is 8.45. The lowest BCUT2D eigenvalue weighted by Gasteiger charge is -2.16. The van der Waals surface area contributed by atoms with Crippen LogP contribution < -0.4 is 5.32 Å². The highest BCUT2D eigenvalue weighted by atomic mass is 19.1. The highest BCUT2D eigenvalue weighted by Crippen LogP contribution is 2.32. The van der Waals surface area contributed by atoms with Crippen LogP contribution in [0.4, 0.5) is 4.39 Å². The van der Waals surface area contributed by atoms with Crippen molar-refractivity contribution in [2.24, 2.45) is 5.92 Å². The monoisotopic (exact) mass is 389 g/mol. The number of aryl methyl sites for hydroxylation is 1. The van der Waals surface area contributed by atoms with E-state index in [4.69, 9.17) is 9.47 Å². The van der Waals surface area contributed by atoms with E-state index in [1.807, 2.05) is 32.0 Å². The van der Waals surface area contributed by atoms with Gasteiger partial charge in [0.25, 0.3) is 0 Å². The zero-order chi connectivity index (χ0) is 20.5. The van der Waals surface area contributed by atoms with Crippen molar-refractivity contribution in [1.29, 1.82) is 0 Å². The summed E-state index contributed by atoms with van der Waals surface area (Å²) in [6.45, 7) is 12.5. The maximum absolute atomic E-state index is 13.1. The molecule has 0 spiro atoms. The number of carbonyl (C=O) groups excluding carboxylic acids is 1. The minimum absolute atomic E-state index is 0. The van der Waals surface area contributed by atoms with Gasteiger partial charge >= 0.3 is 0 Å². The Morgan fingerprint density at radius 3 is 2.79 bits per heavy atom. The molecule has 0 aromatic heterocycles. The summed E-state index contributed by atoms with van der Waals surface area (Å²) in [4.78, 5) is 12.4. The Morgan fingerprint density at radius 2 is 2.07 bits per heavy atom. The van der Waals surface area contributed by atoms with Crippen molar-refractivity contribution in [3.8, 4) is 0 Å². The third kappa shape index (κ3) is 6.34. The number of nitrogens with one attached hydrogen (secondary N) is 1. The maximum Gasteiger partial charge on any atom is 0.227 e. The lowest BCUT2D eigenvalue weighted by molar-refractivity contribution is -0.122. The van der Waals surface area contributed by atoms with Crippen molar-refractivity contribution < 1.29 is 20.1 Å². The molecule has 0 heterocycles. The predicted molar refractivity (Wildman–Crippen MR) is 112 cm³/mol. The molecule has 1 aromatic carbocycles. The van der Waals surface area contributed by atoms with Crippen molar-refractivity contribution in [2.45, 2.75) is 32.6 Å². The highest BCUT2D eigenvalue weighted by molar-refractivity contribution is 5.84.